The van der Waals surface area contributed by atoms with Gasteiger partial charge in [0.05, 0.1) is 12.1 Å². The van der Waals surface area contributed by atoms with Crippen molar-refractivity contribution in [3.63, 3.8) is 0 Å². The van der Waals surface area contributed by atoms with Gasteiger partial charge in [0.1, 0.15) is 11.3 Å². The maximum atomic E-state index is 12.8. The smallest absolute Gasteiger partial charge is 0.412 e. The van der Waals surface area contributed by atoms with Gasteiger partial charge in [0.2, 0.25) is 12.3 Å². The number of carbonyl (C=O) groups excluding carboxylic acids is 2. The Hall–Kier alpha value is -3.14. The fraction of sp³-hybridized carbons (Fsp3) is 0.545. The quantitative estimate of drug-likeness (QED) is 0.732. The lowest BCUT2D eigenvalue weighted by Gasteiger charge is -2.35. The van der Waals surface area contributed by atoms with E-state index in [2.05, 4.69) is 20.8 Å². The van der Waals surface area contributed by atoms with Gasteiger partial charge in [-0.2, -0.15) is 0 Å². The predicted molar refractivity (Wildman–Crippen MR) is 118 cm³/mol. The number of anilines is 1. The molecule has 0 saturated carbocycles. The van der Waals surface area contributed by atoms with Crippen LogP contribution in [0, 0.1) is 6.92 Å². The Morgan fingerprint density at radius 1 is 1.28 bits per heavy atom. The van der Waals surface area contributed by atoms with Crippen LogP contribution in [0.2, 0.25) is 0 Å². The zero-order valence-electron chi connectivity index (χ0n) is 19.6. The van der Waals surface area contributed by atoms with Crippen LogP contribution < -0.4 is 10.6 Å². The molecular formula is C22H31N5O5. The second kappa shape index (κ2) is 8.78. The van der Waals surface area contributed by atoms with E-state index in [4.69, 9.17) is 13.9 Å². The van der Waals surface area contributed by atoms with Crippen molar-refractivity contribution in [3.05, 3.63) is 30.2 Å². The summed E-state index contributed by atoms with van der Waals surface area (Å²) in [6.07, 6.45) is 0.472. The number of hydrogen-bond donors (Lipinski definition) is 2. The Morgan fingerprint density at radius 2 is 2.00 bits per heavy atom. The highest BCUT2D eigenvalue weighted by Gasteiger charge is 2.49. The fourth-order valence-corrected chi connectivity index (χ4v) is 3.68. The van der Waals surface area contributed by atoms with Crippen molar-refractivity contribution in [1.29, 1.82) is 0 Å². The van der Waals surface area contributed by atoms with Crippen molar-refractivity contribution < 1.29 is 23.5 Å². The van der Waals surface area contributed by atoms with Crippen LogP contribution in [0.5, 0.6) is 0 Å². The average molecular weight is 446 g/mol. The molecule has 1 fully saturated rings. The van der Waals surface area contributed by atoms with Gasteiger partial charge in [-0.05, 0) is 66.2 Å². The number of hydrogen-bond acceptors (Lipinski definition) is 7. The first-order valence-electron chi connectivity index (χ1n) is 10.5. The molecule has 10 nitrogen and oxygen atoms in total. The van der Waals surface area contributed by atoms with Gasteiger partial charge in [0, 0.05) is 17.8 Å². The average Bonchev–Trinajstić information content (AvgIpc) is 3.26. The zero-order chi connectivity index (χ0) is 23.7. The van der Waals surface area contributed by atoms with E-state index in [9.17, 15) is 9.59 Å². The van der Waals surface area contributed by atoms with E-state index in [0.717, 1.165) is 5.56 Å². The highest BCUT2D eigenvalue weighted by molar-refractivity contribution is 5.91. The summed E-state index contributed by atoms with van der Waals surface area (Å²) in [7, 11) is 0. The molecule has 0 aliphatic carbocycles. The maximum Gasteiger partial charge on any atom is 0.412 e. The summed E-state index contributed by atoms with van der Waals surface area (Å²) in [5.41, 5.74) is 0.671. The van der Waals surface area contributed by atoms with Crippen LogP contribution in [-0.2, 0) is 9.47 Å². The SMILES string of the molecule is Cc1ccc(-c2nnco2)cc1NC(=O)NCC1C(C)OC(C)(C)N1C(=O)OC(C)(C)C. The molecule has 3 amide bonds. The molecule has 2 atom stereocenters. The third-order valence-electron chi connectivity index (χ3n) is 5.08. The lowest BCUT2D eigenvalue weighted by atomic mass is 10.1. The van der Waals surface area contributed by atoms with Crippen LogP contribution in [0.4, 0.5) is 15.3 Å². The lowest BCUT2D eigenvalue weighted by Crippen LogP contribution is -2.53. The largest absolute Gasteiger partial charge is 0.444 e. The summed E-state index contributed by atoms with van der Waals surface area (Å²) < 4.78 is 16.7. The summed E-state index contributed by atoms with van der Waals surface area (Å²) in [6.45, 7) is 13.0. The molecule has 0 spiro atoms. The monoisotopic (exact) mass is 445 g/mol. The summed E-state index contributed by atoms with van der Waals surface area (Å²) in [4.78, 5) is 27.0. The number of nitrogens with zero attached hydrogens (tertiary/aromatic N) is 3. The van der Waals surface area contributed by atoms with E-state index in [-0.39, 0.29) is 12.6 Å². The number of aryl methyl sites for hydroxylation is 1. The van der Waals surface area contributed by atoms with Crippen LogP contribution >= 0.6 is 0 Å². The first kappa shape index (κ1) is 23.5. The Balaban J connectivity index is 1.68. The van der Waals surface area contributed by atoms with Gasteiger partial charge in [-0.25, -0.2) is 9.59 Å². The number of amides is 3. The molecule has 1 aromatic heterocycles. The van der Waals surface area contributed by atoms with Gasteiger partial charge < -0.3 is 24.5 Å². The first-order chi connectivity index (χ1) is 14.9. The molecule has 1 aliphatic heterocycles. The molecule has 3 rings (SSSR count). The van der Waals surface area contributed by atoms with Crippen molar-refractivity contribution in [3.8, 4) is 11.5 Å². The lowest BCUT2D eigenvalue weighted by molar-refractivity contribution is -0.0756. The minimum absolute atomic E-state index is 0.193. The number of benzene rings is 1. The van der Waals surface area contributed by atoms with Gasteiger partial charge in [-0.1, -0.05) is 6.07 Å². The predicted octanol–water partition coefficient (Wildman–Crippen LogP) is 3.93. The molecule has 10 heteroatoms. The fourth-order valence-electron chi connectivity index (χ4n) is 3.68. The van der Waals surface area contributed by atoms with Crippen LogP contribution in [0.15, 0.2) is 29.0 Å². The van der Waals surface area contributed by atoms with Crippen LogP contribution in [0.25, 0.3) is 11.5 Å². The minimum atomic E-state index is -0.862. The number of nitrogens with one attached hydrogen (secondary N) is 2. The van der Waals surface area contributed by atoms with Crippen LogP contribution in [0.3, 0.4) is 0 Å². The first-order valence-corrected chi connectivity index (χ1v) is 10.5. The highest BCUT2D eigenvalue weighted by Crippen LogP contribution is 2.33. The second-order valence-corrected chi connectivity index (χ2v) is 9.30. The molecule has 0 bridgehead atoms. The van der Waals surface area contributed by atoms with Gasteiger partial charge in [-0.15, -0.1) is 10.2 Å². The molecule has 2 heterocycles. The third kappa shape index (κ3) is 5.37. The molecule has 1 aliphatic rings. The van der Waals surface area contributed by atoms with E-state index in [0.29, 0.717) is 17.1 Å². The molecule has 1 aromatic carbocycles. The molecule has 1 saturated heterocycles. The second-order valence-electron chi connectivity index (χ2n) is 9.30. The summed E-state index contributed by atoms with van der Waals surface area (Å²) in [5, 5.41) is 13.2. The Labute approximate surface area is 187 Å². The topological polar surface area (TPSA) is 119 Å². The van der Waals surface area contributed by atoms with E-state index in [1.807, 2.05) is 46.8 Å². The summed E-state index contributed by atoms with van der Waals surface area (Å²) >= 11 is 0. The van der Waals surface area contributed by atoms with Crippen molar-refractivity contribution in [2.45, 2.75) is 71.9 Å². The standard InChI is InChI=1S/C22H31N5O5/c1-13-8-9-15(18-26-24-12-30-18)10-16(13)25-19(28)23-11-17-14(2)31-22(6,7)27(17)20(29)32-21(3,4)5/h8-10,12,14,17H,11H2,1-7H3,(H2,23,25,28). The van der Waals surface area contributed by atoms with Crippen molar-refractivity contribution in [2.24, 2.45) is 0 Å². The molecule has 174 valence electrons. The normalized spacial score (nSPS) is 20.2. The highest BCUT2D eigenvalue weighted by atomic mass is 16.6. The zero-order valence-corrected chi connectivity index (χ0v) is 19.6. The van der Waals surface area contributed by atoms with E-state index in [1.54, 1.807) is 24.8 Å². The molecule has 0 radical (unpaired) electrons. The number of aromatic nitrogens is 2. The molecule has 2 aromatic rings. The van der Waals surface area contributed by atoms with Crippen molar-refractivity contribution in [2.75, 3.05) is 11.9 Å². The van der Waals surface area contributed by atoms with Crippen LogP contribution in [0.1, 0.15) is 47.1 Å². The van der Waals surface area contributed by atoms with E-state index in [1.165, 1.54) is 6.39 Å². The van der Waals surface area contributed by atoms with Crippen molar-refractivity contribution in [1.82, 2.24) is 20.4 Å². The van der Waals surface area contributed by atoms with E-state index < -0.39 is 29.5 Å². The van der Waals surface area contributed by atoms with Gasteiger partial charge >= 0.3 is 12.1 Å². The number of ether oxygens (including phenoxy) is 2. The van der Waals surface area contributed by atoms with E-state index >= 15 is 0 Å². The van der Waals surface area contributed by atoms with Gasteiger partial charge in [-0.3, -0.25) is 4.90 Å². The van der Waals surface area contributed by atoms with Crippen molar-refractivity contribution >= 4 is 17.8 Å². The number of urea groups is 1. The van der Waals surface area contributed by atoms with Gasteiger partial charge in [0.25, 0.3) is 0 Å². The molecular weight excluding hydrogens is 414 g/mol. The number of carbonyl (C=O) groups is 2. The molecule has 2 unspecified atom stereocenters. The Kier molecular flexibility index (Phi) is 6.45. The Morgan fingerprint density at radius 3 is 2.62 bits per heavy atom. The summed E-state index contributed by atoms with van der Waals surface area (Å²) in [5.74, 6) is 0.362. The summed E-state index contributed by atoms with van der Waals surface area (Å²) in [6, 6.07) is 4.66. The maximum absolute atomic E-state index is 12.8. The third-order valence-corrected chi connectivity index (χ3v) is 5.08. The molecule has 32 heavy (non-hydrogen) atoms. The molecule has 2 N–H and O–H groups in total. The van der Waals surface area contributed by atoms with Gasteiger partial charge in [0.15, 0.2) is 0 Å². The number of rotatable bonds is 4. The Bertz CT molecular complexity index is 968. The van der Waals surface area contributed by atoms with Crippen LogP contribution in [-0.4, -0.2) is 57.2 Å². The minimum Gasteiger partial charge on any atom is -0.444 e.